The molecule has 1 aromatic heterocycles. The van der Waals surface area contributed by atoms with Gasteiger partial charge in [-0.15, -0.1) is 11.3 Å². The minimum atomic E-state index is -0.652. The number of carbonyl (C=O) groups is 1. The number of halogens is 1. The van der Waals surface area contributed by atoms with Crippen molar-refractivity contribution in [3.63, 3.8) is 0 Å². The Labute approximate surface area is 156 Å². The van der Waals surface area contributed by atoms with Gasteiger partial charge in [-0.1, -0.05) is 35.9 Å². The third-order valence-electron chi connectivity index (χ3n) is 4.02. The van der Waals surface area contributed by atoms with Crippen molar-refractivity contribution in [3.05, 3.63) is 87.9 Å². The van der Waals surface area contributed by atoms with Crippen LogP contribution in [0, 0.1) is 12.7 Å². The molecule has 0 radical (unpaired) electrons. The van der Waals surface area contributed by atoms with Gasteiger partial charge in [-0.05, 0) is 55.1 Å². The van der Waals surface area contributed by atoms with Gasteiger partial charge in [0.05, 0.1) is 6.04 Å². The van der Waals surface area contributed by atoms with Crippen molar-refractivity contribution in [2.75, 3.05) is 0 Å². The van der Waals surface area contributed by atoms with Crippen LogP contribution in [0.15, 0.2) is 66.0 Å². The molecule has 26 heavy (non-hydrogen) atoms. The predicted molar refractivity (Wildman–Crippen MR) is 102 cm³/mol. The smallest absolute Gasteiger partial charge is 0.261 e. The van der Waals surface area contributed by atoms with Crippen LogP contribution in [-0.2, 0) is 4.79 Å². The summed E-state index contributed by atoms with van der Waals surface area (Å²) in [5.74, 6) is 0.113. The Balaban J connectivity index is 1.74. The Kier molecular flexibility index (Phi) is 5.68. The van der Waals surface area contributed by atoms with E-state index in [9.17, 15) is 9.18 Å². The highest BCUT2D eigenvalue weighted by molar-refractivity contribution is 7.10. The highest BCUT2D eigenvalue weighted by Crippen LogP contribution is 2.26. The number of amides is 1. The van der Waals surface area contributed by atoms with Gasteiger partial charge in [0, 0.05) is 4.88 Å². The monoisotopic (exact) mass is 369 g/mol. The molecule has 1 heterocycles. The van der Waals surface area contributed by atoms with Gasteiger partial charge >= 0.3 is 0 Å². The van der Waals surface area contributed by atoms with Gasteiger partial charge in [-0.3, -0.25) is 4.79 Å². The topological polar surface area (TPSA) is 38.3 Å². The third kappa shape index (κ3) is 4.49. The number of carbonyl (C=O) groups excluding carboxylic acids is 1. The largest absolute Gasteiger partial charge is 0.481 e. The van der Waals surface area contributed by atoms with Crippen LogP contribution in [0.2, 0.25) is 0 Å². The number of rotatable bonds is 6. The minimum Gasteiger partial charge on any atom is -0.481 e. The summed E-state index contributed by atoms with van der Waals surface area (Å²) < 4.78 is 19.0. The van der Waals surface area contributed by atoms with Gasteiger partial charge in [0.1, 0.15) is 11.6 Å². The van der Waals surface area contributed by atoms with Crippen LogP contribution in [0.25, 0.3) is 0 Å². The van der Waals surface area contributed by atoms with Crippen molar-refractivity contribution in [1.82, 2.24) is 5.32 Å². The lowest BCUT2D eigenvalue weighted by Crippen LogP contribution is -2.38. The molecule has 0 saturated heterocycles. The molecule has 0 fully saturated rings. The summed E-state index contributed by atoms with van der Waals surface area (Å²) in [7, 11) is 0. The second kappa shape index (κ2) is 8.15. The van der Waals surface area contributed by atoms with Crippen LogP contribution in [0.5, 0.6) is 5.75 Å². The first-order valence-electron chi connectivity index (χ1n) is 8.35. The number of benzene rings is 2. The van der Waals surface area contributed by atoms with Crippen LogP contribution in [0.3, 0.4) is 0 Å². The molecule has 0 aliphatic carbocycles. The van der Waals surface area contributed by atoms with E-state index >= 15 is 0 Å². The van der Waals surface area contributed by atoms with Crippen LogP contribution in [0.1, 0.15) is 29.0 Å². The first kappa shape index (κ1) is 18.1. The highest BCUT2D eigenvalue weighted by atomic mass is 32.1. The van der Waals surface area contributed by atoms with Crippen LogP contribution in [0.4, 0.5) is 4.39 Å². The van der Waals surface area contributed by atoms with E-state index in [1.54, 1.807) is 30.4 Å². The number of thiophene rings is 1. The number of aryl methyl sites for hydroxylation is 1. The molecule has 134 valence electrons. The summed E-state index contributed by atoms with van der Waals surface area (Å²) in [6.45, 7) is 3.71. The molecule has 2 atom stereocenters. The van der Waals surface area contributed by atoms with Gasteiger partial charge in [-0.25, -0.2) is 4.39 Å². The number of ether oxygens (including phenoxy) is 1. The summed E-state index contributed by atoms with van der Waals surface area (Å²) in [6, 6.07) is 17.3. The molecule has 0 bridgehead atoms. The van der Waals surface area contributed by atoms with Crippen molar-refractivity contribution in [2.24, 2.45) is 0 Å². The number of nitrogens with one attached hydrogen (secondary N) is 1. The highest BCUT2D eigenvalue weighted by Gasteiger charge is 2.22. The minimum absolute atomic E-state index is 0.228. The molecular formula is C21H20FNO2S. The molecule has 0 saturated carbocycles. The molecule has 0 unspecified atom stereocenters. The fourth-order valence-corrected chi connectivity index (χ4v) is 3.37. The van der Waals surface area contributed by atoms with Crippen molar-refractivity contribution < 1.29 is 13.9 Å². The SMILES string of the molecule is Cc1ccc(O[C@@H](C)C(=O)N[C@@H](c2ccc(F)cc2)c2cccs2)cc1. The molecule has 3 rings (SSSR count). The molecule has 5 heteroatoms. The lowest BCUT2D eigenvalue weighted by atomic mass is 10.0. The molecule has 1 amide bonds. The van der Waals surface area contributed by atoms with Gasteiger partial charge in [0.2, 0.25) is 0 Å². The van der Waals surface area contributed by atoms with E-state index in [0.29, 0.717) is 5.75 Å². The molecule has 1 N–H and O–H groups in total. The molecule has 2 aromatic carbocycles. The normalized spacial score (nSPS) is 13.0. The Bertz CT molecular complexity index is 845. The lowest BCUT2D eigenvalue weighted by molar-refractivity contribution is -0.127. The fourth-order valence-electron chi connectivity index (χ4n) is 2.56. The Morgan fingerprint density at radius 2 is 1.77 bits per heavy atom. The van der Waals surface area contributed by atoms with Crippen molar-refractivity contribution >= 4 is 17.2 Å². The fraction of sp³-hybridized carbons (Fsp3) is 0.190. The first-order valence-corrected chi connectivity index (χ1v) is 9.23. The molecule has 0 spiro atoms. The van der Waals surface area contributed by atoms with Crippen LogP contribution in [-0.4, -0.2) is 12.0 Å². The predicted octanol–water partition coefficient (Wildman–Crippen LogP) is 4.87. The van der Waals surface area contributed by atoms with E-state index in [1.807, 2.05) is 48.7 Å². The Hall–Kier alpha value is -2.66. The molecule has 0 aliphatic rings. The molecule has 3 aromatic rings. The number of hydrogen-bond donors (Lipinski definition) is 1. The van der Waals surface area contributed by atoms with Crippen molar-refractivity contribution in [1.29, 1.82) is 0 Å². The van der Waals surface area contributed by atoms with E-state index in [4.69, 9.17) is 4.74 Å². The average Bonchev–Trinajstić information content (AvgIpc) is 3.16. The Morgan fingerprint density at radius 1 is 1.08 bits per heavy atom. The van der Waals surface area contributed by atoms with Crippen molar-refractivity contribution in [2.45, 2.75) is 26.0 Å². The summed E-state index contributed by atoms with van der Waals surface area (Å²) in [5.41, 5.74) is 1.95. The van der Waals surface area contributed by atoms with E-state index < -0.39 is 6.10 Å². The van der Waals surface area contributed by atoms with E-state index in [0.717, 1.165) is 16.0 Å². The summed E-state index contributed by atoms with van der Waals surface area (Å²) in [6.07, 6.45) is -0.652. The third-order valence-corrected chi connectivity index (χ3v) is 4.96. The number of hydrogen-bond acceptors (Lipinski definition) is 3. The second-order valence-electron chi connectivity index (χ2n) is 6.08. The average molecular weight is 369 g/mol. The maximum Gasteiger partial charge on any atom is 0.261 e. The van der Waals surface area contributed by atoms with Crippen LogP contribution < -0.4 is 10.1 Å². The first-order chi connectivity index (χ1) is 12.5. The quantitative estimate of drug-likeness (QED) is 0.673. The standard InChI is InChI=1S/C21H20FNO2S/c1-14-5-11-18(12-6-14)25-15(2)21(24)23-20(19-4-3-13-26-19)16-7-9-17(22)10-8-16/h3-13,15,20H,1-2H3,(H,23,24)/t15-,20-/m0/s1. The molecule has 0 aliphatic heterocycles. The summed E-state index contributed by atoms with van der Waals surface area (Å²) in [5, 5.41) is 4.96. The van der Waals surface area contributed by atoms with Gasteiger partial charge in [-0.2, -0.15) is 0 Å². The summed E-state index contributed by atoms with van der Waals surface area (Å²) in [4.78, 5) is 13.6. The van der Waals surface area contributed by atoms with Crippen molar-refractivity contribution in [3.8, 4) is 5.75 Å². The lowest BCUT2D eigenvalue weighted by Gasteiger charge is -2.21. The summed E-state index contributed by atoms with van der Waals surface area (Å²) >= 11 is 1.54. The van der Waals surface area contributed by atoms with E-state index in [2.05, 4.69) is 5.32 Å². The second-order valence-corrected chi connectivity index (χ2v) is 7.06. The maximum atomic E-state index is 13.2. The van der Waals surface area contributed by atoms with E-state index in [1.165, 1.54) is 12.1 Å². The zero-order valence-electron chi connectivity index (χ0n) is 14.6. The van der Waals surface area contributed by atoms with Crippen LogP contribution >= 0.6 is 11.3 Å². The molecule has 3 nitrogen and oxygen atoms in total. The van der Waals surface area contributed by atoms with Gasteiger partial charge in [0.15, 0.2) is 6.10 Å². The van der Waals surface area contributed by atoms with Gasteiger partial charge in [0.25, 0.3) is 5.91 Å². The van der Waals surface area contributed by atoms with E-state index in [-0.39, 0.29) is 17.8 Å². The zero-order valence-corrected chi connectivity index (χ0v) is 15.4. The van der Waals surface area contributed by atoms with Gasteiger partial charge < -0.3 is 10.1 Å². The maximum absolute atomic E-state index is 13.2. The molecular weight excluding hydrogens is 349 g/mol. The Morgan fingerprint density at radius 3 is 2.38 bits per heavy atom. The zero-order chi connectivity index (χ0) is 18.5.